The van der Waals surface area contributed by atoms with Crippen molar-refractivity contribution in [3.63, 3.8) is 0 Å². The molecule has 0 aromatic carbocycles. The van der Waals surface area contributed by atoms with Crippen LogP contribution in [0.15, 0.2) is 0 Å². The molecular weight excluding hydrogens is 213 g/mol. The van der Waals surface area contributed by atoms with Gasteiger partial charge in [-0.15, -0.1) is 0 Å². The first-order chi connectivity index (χ1) is 5.34. The molecule has 2 amide bonds. The zero-order valence-electron chi connectivity index (χ0n) is 6.63. The third kappa shape index (κ3) is 2.48. The van der Waals surface area contributed by atoms with Crippen LogP contribution >= 0.6 is 0 Å². The fourth-order valence-corrected chi connectivity index (χ4v) is 1.51. The van der Waals surface area contributed by atoms with Gasteiger partial charge in [0, 0.05) is 0 Å². The molecule has 1 heterocycles. The van der Waals surface area contributed by atoms with Crippen LogP contribution in [0, 0.1) is 0 Å². The Morgan fingerprint density at radius 1 is 1.46 bits per heavy atom. The number of carbonyl (C=O) groups is 2. The molecular formula is C4H4NNaO6S. The zero-order valence-corrected chi connectivity index (χ0v) is 9.44. The molecule has 0 unspecified atom stereocenters. The van der Waals surface area contributed by atoms with Crippen molar-refractivity contribution >= 4 is 21.9 Å². The van der Waals surface area contributed by atoms with Gasteiger partial charge in [-0.1, -0.05) is 0 Å². The number of rotatable bonds is 1. The summed E-state index contributed by atoms with van der Waals surface area (Å²) >= 11 is 0. The number of hydrogen-bond donors (Lipinski definition) is 1. The first-order valence-corrected chi connectivity index (χ1v) is 4.31. The van der Waals surface area contributed by atoms with E-state index in [0.29, 0.717) is 0 Å². The summed E-state index contributed by atoms with van der Waals surface area (Å²) in [5, 5.41) is 6.22. The molecule has 1 N–H and O–H groups in total. The Hall–Kier alpha value is 0.0100. The molecule has 9 heteroatoms. The fourth-order valence-electron chi connectivity index (χ4n) is 0.817. The standard InChI is InChI=1S/C4H5NO6S.Na/c6-3-1-2(12(9,10)11)4(7)5(3)8;/h2,8H,1H2,(H,9,10,11);/q;+1/p-1/t2-;/m0./s1. The summed E-state index contributed by atoms with van der Waals surface area (Å²) in [6.07, 6.45) is -0.777. The minimum atomic E-state index is -4.84. The molecule has 1 atom stereocenters. The smallest absolute Gasteiger partial charge is 0.747 e. The molecule has 1 fully saturated rings. The van der Waals surface area contributed by atoms with E-state index in [1.165, 1.54) is 0 Å². The molecule has 1 saturated heterocycles. The summed E-state index contributed by atoms with van der Waals surface area (Å²) in [5.74, 6) is -2.46. The summed E-state index contributed by atoms with van der Waals surface area (Å²) in [6.45, 7) is 0. The van der Waals surface area contributed by atoms with Crippen molar-refractivity contribution in [2.75, 3.05) is 0 Å². The maximum Gasteiger partial charge on any atom is 1.00 e. The molecule has 1 aliphatic rings. The molecule has 7 nitrogen and oxygen atoms in total. The predicted octanol–water partition coefficient (Wildman–Crippen LogP) is -4.95. The van der Waals surface area contributed by atoms with Gasteiger partial charge in [0.2, 0.25) is 0 Å². The molecule has 0 bridgehead atoms. The first-order valence-electron chi connectivity index (χ1n) is 2.84. The van der Waals surface area contributed by atoms with Gasteiger partial charge in [0.25, 0.3) is 11.8 Å². The van der Waals surface area contributed by atoms with E-state index in [1.54, 1.807) is 0 Å². The molecule has 0 aromatic heterocycles. The van der Waals surface area contributed by atoms with Gasteiger partial charge in [-0.25, -0.2) is 8.42 Å². The molecule has 0 spiro atoms. The van der Waals surface area contributed by atoms with Gasteiger partial charge in [0.1, 0.15) is 15.4 Å². The summed E-state index contributed by atoms with van der Waals surface area (Å²) in [7, 11) is -4.84. The maximum absolute atomic E-state index is 10.6. The number of hydrogen-bond acceptors (Lipinski definition) is 6. The van der Waals surface area contributed by atoms with Crippen LogP contribution in [0.25, 0.3) is 0 Å². The van der Waals surface area contributed by atoms with E-state index < -0.39 is 33.6 Å². The summed E-state index contributed by atoms with van der Waals surface area (Å²) in [4.78, 5) is 21.1. The van der Waals surface area contributed by atoms with E-state index in [0.717, 1.165) is 0 Å². The van der Waals surface area contributed by atoms with Crippen molar-refractivity contribution in [3.8, 4) is 0 Å². The van der Waals surface area contributed by atoms with E-state index in [2.05, 4.69) is 0 Å². The molecule has 0 aromatic rings. The quantitative estimate of drug-likeness (QED) is 0.203. The van der Waals surface area contributed by atoms with Crippen molar-refractivity contribution in [1.82, 2.24) is 5.06 Å². The number of amides is 2. The molecule has 1 aliphatic heterocycles. The molecule has 68 valence electrons. The van der Waals surface area contributed by atoms with Crippen LogP contribution in [0.4, 0.5) is 0 Å². The second-order valence-corrected chi connectivity index (χ2v) is 3.78. The molecule has 0 aliphatic carbocycles. The average molecular weight is 217 g/mol. The average Bonchev–Trinajstić information content (AvgIpc) is 2.15. The van der Waals surface area contributed by atoms with E-state index in [-0.39, 0.29) is 34.6 Å². The van der Waals surface area contributed by atoms with Gasteiger partial charge in [0.05, 0.1) is 6.42 Å². The normalized spacial score (nSPS) is 23.2. The Balaban J connectivity index is 0.00000144. The fraction of sp³-hybridized carbons (Fsp3) is 0.500. The largest absolute Gasteiger partial charge is 1.00 e. The summed E-state index contributed by atoms with van der Waals surface area (Å²) in [5.41, 5.74) is 0. The van der Waals surface area contributed by atoms with Gasteiger partial charge in [-0.3, -0.25) is 14.8 Å². The zero-order chi connectivity index (χ0) is 9.52. The number of imide groups is 1. The minimum Gasteiger partial charge on any atom is -0.747 e. The van der Waals surface area contributed by atoms with Gasteiger partial charge in [-0.05, 0) is 0 Å². The monoisotopic (exact) mass is 217 g/mol. The Bertz CT molecular complexity index is 337. The number of hydroxylamine groups is 2. The van der Waals surface area contributed by atoms with Crippen molar-refractivity contribution in [3.05, 3.63) is 0 Å². The second-order valence-electron chi connectivity index (χ2n) is 2.23. The van der Waals surface area contributed by atoms with Crippen LogP contribution in [0.1, 0.15) is 6.42 Å². The van der Waals surface area contributed by atoms with Crippen molar-refractivity contribution in [1.29, 1.82) is 0 Å². The second kappa shape index (κ2) is 4.03. The van der Waals surface area contributed by atoms with Gasteiger partial charge >= 0.3 is 29.6 Å². The summed E-state index contributed by atoms with van der Waals surface area (Å²) < 4.78 is 30.8. The molecule has 13 heavy (non-hydrogen) atoms. The molecule has 0 radical (unpaired) electrons. The van der Waals surface area contributed by atoms with Crippen molar-refractivity contribution in [2.24, 2.45) is 0 Å². The van der Waals surface area contributed by atoms with Crippen LogP contribution in [0.2, 0.25) is 0 Å². The number of nitrogens with zero attached hydrogens (tertiary/aromatic N) is 1. The van der Waals surface area contributed by atoms with E-state index in [9.17, 15) is 22.6 Å². The first kappa shape index (κ1) is 13.0. The number of carbonyl (C=O) groups excluding carboxylic acids is 2. The van der Waals surface area contributed by atoms with Crippen LogP contribution < -0.4 is 29.6 Å². The van der Waals surface area contributed by atoms with E-state index in [4.69, 9.17) is 5.21 Å². The van der Waals surface area contributed by atoms with Gasteiger partial charge in [0.15, 0.2) is 0 Å². The Morgan fingerprint density at radius 3 is 2.08 bits per heavy atom. The van der Waals surface area contributed by atoms with Crippen LogP contribution in [-0.2, 0) is 19.7 Å². The molecule has 0 saturated carbocycles. The van der Waals surface area contributed by atoms with Crippen molar-refractivity contribution in [2.45, 2.75) is 11.7 Å². The predicted molar refractivity (Wildman–Crippen MR) is 31.7 cm³/mol. The van der Waals surface area contributed by atoms with Crippen molar-refractivity contribution < 1.29 is 57.3 Å². The van der Waals surface area contributed by atoms with Crippen LogP contribution in [0.3, 0.4) is 0 Å². The van der Waals surface area contributed by atoms with Crippen LogP contribution in [-0.4, -0.2) is 40.3 Å². The van der Waals surface area contributed by atoms with Crippen LogP contribution in [0.5, 0.6) is 0 Å². The Labute approximate surface area is 95.7 Å². The van der Waals surface area contributed by atoms with E-state index >= 15 is 0 Å². The van der Waals surface area contributed by atoms with Gasteiger partial charge < -0.3 is 4.55 Å². The topological polar surface area (TPSA) is 115 Å². The summed E-state index contributed by atoms with van der Waals surface area (Å²) in [6, 6.07) is 0. The maximum atomic E-state index is 10.6. The molecule has 1 rings (SSSR count). The third-order valence-electron chi connectivity index (χ3n) is 1.43. The third-order valence-corrected chi connectivity index (χ3v) is 2.49. The van der Waals surface area contributed by atoms with E-state index in [1.807, 2.05) is 0 Å². The Kier molecular flexibility index (Phi) is 4.03. The SMILES string of the molecule is O=C1C[C@H](S(=O)(=O)[O-])C(=O)N1O.[Na+]. The minimum absolute atomic E-state index is 0. The van der Waals surface area contributed by atoms with Gasteiger partial charge in [-0.2, -0.15) is 5.06 Å². The Morgan fingerprint density at radius 2 is 1.92 bits per heavy atom.